The first kappa shape index (κ1) is 26.5. The van der Waals surface area contributed by atoms with Gasteiger partial charge in [-0.15, -0.1) is 0 Å². The van der Waals surface area contributed by atoms with Crippen LogP contribution in [0.4, 0.5) is 26.0 Å². The number of hydrogen-bond acceptors (Lipinski definition) is 7. The summed E-state index contributed by atoms with van der Waals surface area (Å²) < 4.78 is 30.7. The molecule has 0 fully saturated rings. The van der Waals surface area contributed by atoms with Crippen molar-refractivity contribution < 1.29 is 18.4 Å². The molecule has 5 N–H and O–H groups in total. The second kappa shape index (κ2) is 11.6. The minimum atomic E-state index is -0.983. The van der Waals surface area contributed by atoms with Crippen molar-refractivity contribution in [3.8, 4) is 11.3 Å². The van der Waals surface area contributed by atoms with E-state index >= 15 is 0 Å². The second-order valence-electron chi connectivity index (χ2n) is 8.44. The number of carbonyl (C=O) groups excluding carboxylic acids is 2. The van der Waals surface area contributed by atoms with Crippen molar-refractivity contribution in [3.63, 3.8) is 0 Å². The van der Waals surface area contributed by atoms with E-state index in [1.165, 1.54) is 31.6 Å². The number of nitrogens with one attached hydrogen (secondary N) is 5. The number of benzene rings is 2. The predicted octanol–water partition coefficient (Wildman–Crippen LogP) is 2.91. The number of likely N-dealkylation sites (N-methyl/N-ethyl adjacent to an activating group) is 1. The molecule has 0 aliphatic carbocycles. The van der Waals surface area contributed by atoms with Gasteiger partial charge in [0, 0.05) is 49.3 Å². The molecule has 0 aliphatic heterocycles. The largest absolute Gasteiger partial charge is 0.386 e. The highest BCUT2D eigenvalue weighted by atomic mass is 19.2. The topological polar surface area (TPSA) is 124 Å². The Hall–Kier alpha value is -4.58. The van der Waals surface area contributed by atoms with Crippen LogP contribution >= 0.6 is 0 Å². The summed E-state index contributed by atoms with van der Waals surface area (Å²) in [4.78, 5) is 33.3. The highest BCUT2D eigenvalue weighted by molar-refractivity contribution is 5.97. The van der Waals surface area contributed by atoms with E-state index in [1.54, 1.807) is 48.8 Å². The van der Waals surface area contributed by atoms with Crippen LogP contribution in [0.15, 0.2) is 55.0 Å². The van der Waals surface area contributed by atoms with Crippen LogP contribution in [0.2, 0.25) is 0 Å². The summed E-state index contributed by atoms with van der Waals surface area (Å²) in [6.45, 7) is 2.70. The van der Waals surface area contributed by atoms with Crippen LogP contribution in [0.1, 0.15) is 17.3 Å². The van der Waals surface area contributed by atoms with Gasteiger partial charge < -0.3 is 26.6 Å². The van der Waals surface area contributed by atoms with E-state index in [1.807, 2.05) is 0 Å². The summed E-state index contributed by atoms with van der Waals surface area (Å²) >= 11 is 0. The van der Waals surface area contributed by atoms with E-state index in [0.29, 0.717) is 41.5 Å². The molecular weight excluding hydrogens is 494 g/mol. The smallest absolute Gasteiger partial charge is 0.251 e. The molecule has 38 heavy (non-hydrogen) atoms. The zero-order valence-corrected chi connectivity index (χ0v) is 21.1. The molecule has 4 rings (SSSR count). The van der Waals surface area contributed by atoms with E-state index in [9.17, 15) is 18.4 Å². The first-order valence-corrected chi connectivity index (χ1v) is 11.9. The summed E-state index contributed by atoms with van der Waals surface area (Å²) in [5, 5.41) is 14.1. The molecule has 0 bridgehead atoms. The normalized spacial score (nSPS) is 11.7. The van der Waals surface area contributed by atoms with Gasteiger partial charge in [0.1, 0.15) is 6.04 Å². The number of halogens is 2. The summed E-state index contributed by atoms with van der Waals surface area (Å²) in [5.41, 5.74) is 1.89. The Bertz CT molecular complexity index is 1460. The molecule has 0 aliphatic rings. The van der Waals surface area contributed by atoms with Gasteiger partial charge in [-0.05, 0) is 50.4 Å². The lowest BCUT2D eigenvalue weighted by atomic mass is 10.1. The van der Waals surface area contributed by atoms with Crippen molar-refractivity contribution in [1.29, 1.82) is 0 Å². The molecule has 1 atom stereocenters. The maximum atomic E-state index is 14.7. The van der Waals surface area contributed by atoms with Gasteiger partial charge in [-0.25, -0.2) is 18.7 Å². The van der Waals surface area contributed by atoms with Crippen LogP contribution in [-0.2, 0) is 4.79 Å². The monoisotopic (exact) mass is 522 g/mol. The Morgan fingerprint density at radius 2 is 1.76 bits per heavy atom. The van der Waals surface area contributed by atoms with Crippen molar-refractivity contribution in [1.82, 2.24) is 30.3 Å². The van der Waals surface area contributed by atoms with Gasteiger partial charge in [0.2, 0.25) is 5.91 Å². The highest BCUT2D eigenvalue weighted by Crippen LogP contribution is 2.30. The SMILES string of the molecule is CNCCNC(=O)C(C)NC(=O)c1ccc(Nc2nccn3c(-c4ccc(NC)c(F)c4F)cnc23)cc1. The molecular formula is C26H28F2N8O2. The van der Waals surface area contributed by atoms with Crippen molar-refractivity contribution in [2.24, 2.45) is 0 Å². The Morgan fingerprint density at radius 1 is 1.00 bits per heavy atom. The quantitative estimate of drug-likeness (QED) is 0.203. The minimum absolute atomic E-state index is 0.0588. The zero-order valence-electron chi connectivity index (χ0n) is 21.1. The molecule has 12 heteroatoms. The molecule has 0 saturated heterocycles. The number of nitrogens with zero attached hydrogens (tertiary/aromatic N) is 3. The summed E-state index contributed by atoms with van der Waals surface area (Å²) in [6, 6.07) is 8.85. The Kier molecular flexibility index (Phi) is 8.12. The fourth-order valence-corrected chi connectivity index (χ4v) is 3.80. The van der Waals surface area contributed by atoms with Gasteiger partial charge in [0.25, 0.3) is 5.91 Å². The summed E-state index contributed by atoms with van der Waals surface area (Å²) in [5.74, 6) is -2.23. The lowest BCUT2D eigenvalue weighted by Crippen LogP contribution is -2.46. The maximum absolute atomic E-state index is 14.7. The predicted molar refractivity (Wildman–Crippen MR) is 141 cm³/mol. The second-order valence-corrected chi connectivity index (χ2v) is 8.44. The molecule has 198 valence electrons. The molecule has 0 radical (unpaired) electrons. The first-order valence-electron chi connectivity index (χ1n) is 11.9. The van der Waals surface area contributed by atoms with Gasteiger partial charge in [-0.3, -0.25) is 14.0 Å². The van der Waals surface area contributed by atoms with Crippen molar-refractivity contribution in [3.05, 3.63) is 72.2 Å². The van der Waals surface area contributed by atoms with Gasteiger partial charge in [-0.1, -0.05) is 0 Å². The van der Waals surface area contributed by atoms with Gasteiger partial charge in [0.05, 0.1) is 17.6 Å². The molecule has 2 aromatic heterocycles. The van der Waals surface area contributed by atoms with Crippen LogP contribution < -0.4 is 26.6 Å². The molecule has 4 aromatic rings. The van der Waals surface area contributed by atoms with Crippen LogP contribution in [0.5, 0.6) is 0 Å². The van der Waals surface area contributed by atoms with Gasteiger partial charge >= 0.3 is 0 Å². The van der Waals surface area contributed by atoms with E-state index in [-0.39, 0.29) is 23.1 Å². The Balaban J connectivity index is 1.49. The van der Waals surface area contributed by atoms with Crippen LogP contribution in [0.3, 0.4) is 0 Å². The van der Waals surface area contributed by atoms with E-state index < -0.39 is 17.7 Å². The molecule has 2 aromatic carbocycles. The molecule has 0 spiro atoms. The zero-order chi connectivity index (χ0) is 27.2. The van der Waals surface area contributed by atoms with Crippen LogP contribution in [0.25, 0.3) is 16.9 Å². The van der Waals surface area contributed by atoms with Gasteiger partial charge in [-0.2, -0.15) is 0 Å². The van der Waals surface area contributed by atoms with Gasteiger partial charge in [0.15, 0.2) is 23.1 Å². The van der Waals surface area contributed by atoms with Crippen LogP contribution in [0, 0.1) is 11.6 Å². The third-order valence-corrected chi connectivity index (χ3v) is 5.88. The maximum Gasteiger partial charge on any atom is 0.251 e. The minimum Gasteiger partial charge on any atom is -0.386 e. The summed E-state index contributed by atoms with van der Waals surface area (Å²) in [7, 11) is 3.30. The molecule has 10 nitrogen and oxygen atoms in total. The van der Waals surface area contributed by atoms with E-state index in [4.69, 9.17) is 0 Å². The molecule has 2 amide bonds. The lowest BCUT2D eigenvalue weighted by molar-refractivity contribution is -0.122. The van der Waals surface area contributed by atoms with Crippen LogP contribution in [-0.4, -0.2) is 59.4 Å². The van der Waals surface area contributed by atoms with Crippen molar-refractivity contribution in [2.75, 3.05) is 37.8 Å². The number of aromatic nitrogens is 3. The number of hydrogen-bond donors (Lipinski definition) is 5. The standard InChI is InChI=1S/C26H28F2N8O2/c1-15(25(37)32-11-10-29-2)34-26(38)16-4-6-17(7-5-16)35-23-24-33-14-20(36(24)13-12-31-23)18-8-9-19(30-3)22(28)21(18)27/h4-9,12-15,29-30H,10-11H2,1-3H3,(H,31,35)(H,32,37)(H,34,38). The number of carbonyl (C=O) groups is 2. The number of imidazole rings is 1. The van der Waals surface area contributed by atoms with Crippen molar-refractivity contribution in [2.45, 2.75) is 13.0 Å². The fourth-order valence-electron chi connectivity index (χ4n) is 3.80. The lowest BCUT2D eigenvalue weighted by Gasteiger charge is -2.14. The number of rotatable bonds is 10. The molecule has 1 unspecified atom stereocenters. The van der Waals surface area contributed by atoms with Crippen molar-refractivity contribution >= 4 is 34.7 Å². The summed E-state index contributed by atoms with van der Waals surface area (Å²) in [6.07, 6.45) is 4.57. The third kappa shape index (κ3) is 5.54. The molecule has 0 saturated carbocycles. The number of fused-ring (bicyclic) bond motifs is 1. The average Bonchev–Trinajstić information content (AvgIpc) is 3.35. The Labute approximate surface area is 217 Å². The van der Waals surface area contributed by atoms with E-state index in [0.717, 1.165) is 0 Å². The number of anilines is 3. The third-order valence-electron chi connectivity index (χ3n) is 5.88. The highest BCUT2D eigenvalue weighted by Gasteiger charge is 2.19. The fraction of sp³-hybridized carbons (Fsp3) is 0.231. The van der Waals surface area contributed by atoms with E-state index in [2.05, 4.69) is 36.6 Å². The average molecular weight is 523 g/mol. The molecule has 2 heterocycles. The number of amides is 2. The first-order chi connectivity index (χ1) is 18.3. The Morgan fingerprint density at radius 3 is 2.47 bits per heavy atom.